The van der Waals surface area contributed by atoms with Gasteiger partial charge in [-0.3, -0.25) is 4.98 Å². The third-order valence-electron chi connectivity index (χ3n) is 2.06. The minimum Gasteiger partial charge on any atom is -0.252 e. The highest BCUT2D eigenvalue weighted by Crippen LogP contribution is 2.17. The Hall–Kier alpha value is -1.84. The quantitative estimate of drug-likeness (QED) is 0.713. The van der Waals surface area contributed by atoms with Crippen molar-refractivity contribution in [2.75, 3.05) is 0 Å². The number of rotatable bonds is 1. The largest absolute Gasteiger partial charge is 0.252 e. The highest BCUT2D eigenvalue weighted by Gasteiger charge is 2.05. The molecule has 0 aliphatic heterocycles. The Morgan fingerprint density at radius 3 is 2.53 bits per heavy atom. The van der Waals surface area contributed by atoms with Gasteiger partial charge in [-0.25, -0.2) is 14.4 Å². The number of pyridine rings is 1. The average Bonchev–Trinajstić information content (AvgIpc) is 2.23. The van der Waals surface area contributed by atoms with E-state index in [9.17, 15) is 4.39 Å². The molecule has 0 spiro atoms. The Bertz CT molecular complexity index is 480. The molecule has 2 aromatic heterocycles. The van der Waals surface area contributed by atoms with Crippen molar-refractivity contribution in [3.05, 3.63) is 41.7 Å². The van der Waals surface area contributed by atoms with Gasteiger partial charge in [0, 0.05) is 6.20 Å². The minimum atomic E-state index is -0.345. The first-order valence-electron chi connectivity index (χ1n) is 4.59. The molecule has 0 unspecified atom stereocenters. The third-order valence-corrected chi connectivity index (χ3v) is 2.06. The zero-order chi connectivity index (χ0) is 10.8. The van der Waals surface area contributed by atoms with E-state index in [1.807, 2.05) is 13.8 Å². The van der Waals surface area contributed by atoms with Gasteiger partial charge in [-0.15, -0.1) is 0 Å². The van der Waals surface area contributed by atoms with Crippen molar-refractivity contribution in [3.63, 3.8) is 0 Å². The predicted molar refractivity (Wildman–Crippen MR) is 54.7 cm³/mol. The summed E-state index contributed by atoms with van der Waals surface area (Å²) in [4.78, 5) is 12.3. The van der Waals surface area contributed by atoms with Crippen LogP contribution < -0.4 is 0 Å². The fourth-order valence-corrected chi connectivity index (χ4v) is 1.31. The van der Waals surface area contributed by atoms with Gasteiger partial charge in [0.15, 0.2) is 0 Å². The summed E-state index contributed by atoms with van der Waals surface area (Å²) in [6, 6.07) is 2.99. The zero-order valence-electron chi connectivity index (χ0n) is 8.53. The Morgan fingerprint density at radius 1 is 1.07 bits per heavy atom. The average molecular weight is 203 g/mol. The molecule has 76 valence electrons. The summed E-state index contributed by atoms with van der Waals surface area (Å²) >= 11 is 0. The van der Waals surface area contributed by atoms with E-state index in [0.717, 1.165) is 11.3 Å². The van der Waals surface area contributed by atoms with Gasteiger partial charge in [-0.05, 0) is 31.5 Å². The molecule has 0 radical (unpaired) electrons. The molecule has 0 fully saturated rings. The molecule has 0 saturated carbocycles. The fourth-order valence-electron chi connectivity index (χ4n) is 1.31. The summed E-state index contributed by atoms with van der Waals surface area (Å²) in [7, 11) is 0. The fraction of sp³-hybridized carbons (Fsp3) is 0.182. The molecule has 0 atom stereocenters. The van der Waals surface area contributed by atoms with E-state index in [0.29, 0.717) is 11.5 Å². The van der Waals surface area contributed by atoms with Crippen LogP contribution in [0.25, 0.3) is 11.4 Å². The lowest BCUT2D eigenvalue weighted by molar-refractivity contribution is 0.621. The maximum Gasteiger partial charge on any atom is 0.141 e. The smallest absolute Gasteiger partial charge is 0.141 e. The van der Waals surface area contributed by atoms with E-state index in [1.165, 1.54) is 12.3 Å². The number of hydrogen-bond acceptors (Lipinski definition) is 3. The minimum absolute atomic E-state index is 0.345. The first-order valence-corrected chi connectivity index (χ1v) is 4.59. The molecule has 0 aliphatic carbocycles. The molecule has 0 amide bonds. The van der Waals surface area contributed by atoms with Crippen molar-refractivity contribution >= 4 is 0 Å². The molecule has 0 bridgehead atoms. The SMILES string of the molecule is Cc1ncc(C)c(-c2ccc(F)cn2)n1. The molecule has 2 aromatic rings. The predicted octanol–water partition coefficient (Wildman–Crippen LogP) is 2.29. The second kappa shape index (κ2) is 3.73. The molecule has 3 nitrogen and oxygen atoms in total. The van der Waals surface area contributed by atoms with E-state index in [-0.39, 0.29) is 5.82 Å². The van der Waals surface area contributed by atoms with Gasteiger partial charge < -0.3 is 0 Å². The summed E-state index contributed by atoms with van der Waals surface area (Å²) < 4.78 is 12.7. The summed E-state index contributed by atoms with van der Waals surface area (Å²) in [5.41, 5.74) is 2.35. The number of nitrogens with zero attached hydrogens (tertiary/aromatic N) is 3. The van der Waals surface area contributed by atoms with Crippen molar-refractivity contribution in [2.45, 2.75) is 13.8 Å². The highest BCUT2D eigenvalue weighted by atomic mass is 19.1. The van der Waals surface area contributed by atoms with Crippen molar-refractivity contribution in [1.82, 2.24) is 15.0 Å². The summed E-state index contributed by atoms with van der Waals surface area (Å²) in [5.74, 6) is 0.337. The Labute approximate surface area is 87.0 Å². The van der Waals surface area contributed by atoms with Crippen molar-refractivity contribution in [1.29, 1.82) is 0 Å². The normalized spacial score (nSPS) is 10.3. The van der Waals surface area contributed by atoms with Gasteiger partial charge in [0.1, 0.15) is 11.6 Å². The van der Waals surface area contributed by atoms with Gasteiger partial charge in [0.25, 0.3) is 0 Å². The van der Waals surface area contributed by atoms with Gasteiger partial charge in [-0.2, -0.15) is 0 Å². The second-order valence-corrected chi connectivity index (χ2v) is 3.31. The first kappa shape index (κ1) is 9.71. The van der Waals surface area contributed by atoms with E-state index < -0.39 is 0 Å². The first-order chi connectivity index (χ1) is 7.16. The monoisotopic (exact) mass is 203 g/mol. The zero-order valence-corrected chi connectivity index (χ0v) is 8.53. The molecule has 0 saturated heterocycles. The number of aryl methyl sites for hydroxylation is 2. The van der Waals surface area contributed by atoms with Crippen LogP contribution in [0, 0.1) is 19.7 Å². The van der Waals surface area contributed by atoms with Crippen molar-refractivity contribution in [2.24, 2.45) is 0 Å². The van der Waals surface area contributed by atoms with Crippen LogP contribution in [0.1, 0.15) is 11.4 Å². The van der Waals surface area contributed by atoms with Gasteiger partial charge in [0.05, 0.1) is 17.6 Å². The molecule has 0 N–H and O–H groups in total. The van der Waals surface area contributed by atoms with Crippen molar-refractivity contribution < 1.29 is 4.39 Å². The number of hydrogen-bond donors (Lipinski definition) is 0. The topological polar surface area (TPSA) is 38.7 Å². The van der Waals surface area contributed by atoms with Crippen molar-refractivity contribution in [3.8, 4) is 11.4 Å². The number of halogens is 1. The van der Waals surface area contributed by atoms with E-state index in [1.54, 1.807) is 12.3 Å². The maximum atomic E-state index is 12.7. The van der Waals surface area contributed by atoms with Crippen LogP contribution in [0.15, 0.2) is 24.5 Å². The van der Waals surface area contributed by atoms with Crippen LogP contribution in [0.4, 0.5) is 4.39 Å². The van der Waals surface area contributed by atoms with Gasteiger partial charge in [-0.1, -0.05) is 0 Å². The number of aromatic nitrogens is 3. The van der Waals surface area contributed by atoms with E-state index >= 15 is 0 Å². The van der Waals surface area contributed by atoms with Crippen LogP contribution in [0.2, 0.25) is 0 Å². The van der Waals surface area contributed by atoms with Gasteiger partial charge in [0.2, 0.25) is 0 Å². The van der Waals surface area contributed by atoms with E-state index in [2.05, 4.69) is 15.0 Å². The Balaban J connectivity index is 2.53. The third kappa shape index (κ3) is 1.98. The summed E-state index contributed by atoms with van der Waals surface area (Å²) in [6.45, 7) is 3.71. The Kier molecular flexibility index (Phi) is 2.41. The molecule has 2 rings (SSSR count). The van der Waals surface area contributed by atoms with Crippen LogP contribution in [0.5, 0.6) is 0 Å². The Morgan fingerprint density at radius 2 is 1.87 bits per heavy atom. The maximum absolute atomic E-state index is 12.7. The van der Waals surface area contributed by atoms with Crippen LogP contribution >= 0.6 is 0 Å². The standard InChI is InChI=1S/C11H10FN3/c1-7-5-13-8(2)15-11(7)10-4-3-9(12)6-14-10/h3-6H,1-2H3. The molecule has 15 heavy (non-hydrogen) atoms. The molecule has 0 aliphatic rings. The summed E-state index contributed by atoms with van der Waals surface area (Å²) in [5, 5.41) is 0. The van der Waals surface area contributed by atoms with Crippen LogP contribution in [-0.4, -0.2) is 15.0 Å². The van der Waals surface area contributed by atoms with Gasteiger partial charge >= 0.3 is 0 Å². The molecular weight excluding hydrogens is 193 g/mol. The lowest BCUT2D eigenvalue weighted by Crippen LogP contribution is -1.96. The van der Waals surface area contributed by atoms with Crippen LogP contribution in [-0.2, 0) is 0 Å². The molecule has 4 heteroatoms. The lowest BCUT2D eigenvalue weighted by atomic mass is 10.2. The highest BCUT2D eigenvalue weighted by molar-refractivity contribution is 5.57. The molecular formula is C11H10FN3. The molecule has 0 aromatic carbocycles. The van der Waals surface area contributed by atoms with E-state index in [4.69, 9.17) is 0 Å². The second-order valence-electron chi connectivity index (χ2n) is 3.31. The lowest BCUT2D eigenvalue weighted by Gasteiger charge is -2.04. The molecule has 2 heterocycles. The van der Waals surface area contributed by atoms with Crippen LogP contribution in [0.3, 0.4) is 0 Å². The summed E-state index contributed by atoms with van der Waals surface area (Å²) in [6.07, 6.45) is 2.93.